The maximum absolute atomic E-state index is 13.1. The lowest BCUT2D eigenvalue weighted by Crippen LogP contribution is -2.43. The van der Waals surface area contributed by atoms with Crippen LogP contribution in [-0.4, -0.2) is 29.8 Å². The summed E-state index contributed by atoms with van der Waals surface area (Å²) in [6.07, 6.45) is -9.41. The summed E-state index contributed by atoms with van der Waals surface area (Å²) >= 11 is 11.7. The molecule has 2 amide bonds. The van der Waals surface area contributed by atoms with E-state index < -0.39 is 46.8 Å². The molecule has 1 aliphatic heterocycles. The molecule has 1 fully saturated rings. The van der Waals surface area contributed by atoms with Crippen molar-refractivity contribution in [1.29, 1.82) is 0 Å². The fraction of sp³-hybridized carbons (Fsp3) is 0.333. The quantitative estimate of drug-likeness (QED) is 0.475. The van der Waals surface area contributed by atoms with E-state index in [-0.39, 0.29) is 29.2 Å². The average Bonchev–Trinajstić information content (AvgIpc) is 2.74. The van der Waals surface area contributed by atoms with Gasteiger partial charge in [-0.15, -0.1) is 0 Å². The van der Waals surface area contributed by atoms with E-state index in [9.17, 15) is 35.9 Å². The Kier molecular flexibility index (Phi) is 7.18. The number of halogens is 8. The van der Waals surface area contributed by atoms with Crippen LogP contribution in [0.2, 0.25) is 10.0 Å². The normalized spacial score (nSPS) is 17.1. The summed E-state index contributed by atoms with van der Waals surface area (Å²) in [5, 5.41) is 3.11. The first-order valence-electron chi connectivity index (χ1n) is 9.60. The highest BCUT2D eigenvalue weighted by Gasteiger charge is 2.38. The molecular weight excluding hydrogens is 497 g/mol. The Hall–Kier alpha value is -2.46. The number of hydrogen-bond acceptors (Lipinski definition) is 2. The van der Waals surface area contributed by atoms with Gasteiger partial charge in [0.25, 0.3) is 5.91 Å². The molecular formula is C21H16Cl2F6N2O2. The van der Waals surface area contributed by atoms with E-state index >= 15 is 0 Å². The molecule has 1 N–H and O–H groups in total. The lowest BCUT2D eigenvalue weighted by Gasteiger charge is -2.32. The van der Waals surface area contributed by atoms with Gasteiger partial charge < -0.3 is 10.2 Å². The smallest absolute Gasteiger partial charge is 0.338 e. The third-order valence-corrected chi connectivity index (χ3v) is 5.84. The number of carbonyl (C=O) groups excluding carboxylic acids is 2. The van der Waals surface area contributed by atoms with Crippen LogP contribution >= 0.6 is 23.2 Å². The Morgan fingerprint density at radius 2 is 1.52 bits per heavy atom. The number of likely N-dealkylation sites (tertiary alicyclic amines) is 1. The van der Waals surface area contributed by atoms with E-state index in [0.717, 1.165) is 4.90 Å². The summed E-state index contributed by atoms with van der Waals surface area (Å²) in [6, 6.07) is 5.14. The van der Waals surface area contributed by atoms with Crippen molar-refractivity contribution in [3.63, 3.8) is 0 Å². The minimum absolute atomic E-state index is 0.0412. The molecule has 0 aliphatic carbocycles. The zero-order chi connectivity index (χ0) is 24.6. The van der Waals surface area contributed by atoms with Gasteiger partial charge in [-0.1, -0.05) is 23.2 Å². The summed E-state index contributed by atoms with van der Waals surface area (Å²) in [5.41, 5.74) is -3.55. The van der Waals surface area contributed by atoms with Crippen LogP contribution in [0.1, 0.15) is 34.3 Å². The molecule has 0 radical (unpaired) electrons. The molecule has 0 aromatic heterocycles. The van der Waals surface area contributed by atoms with Gasteiger partial charge in [-0.25, -0.2) is 0 Å². The van der Waals surface area contributed by atoms with E-state index in [1.54, 1.807) is 0 Å². The number of alkyl halides is 6. The average molecular weight is 513 g/mol. The largest absolute Gasteiger partial charge is 0.416 e. The van der Waals surface area contributed by atoms with Gasteiger partial charge in [-0.05, 0) is 49.2 Å². The van der Waals surface area contributed by atoms with Crippen LogP contribution in [0, 0.1) is 5.92 Å². The lowest BCUT2D eigenvalue weighted by molar-refractivity contribution is -0.143. The molecule has 4 nitrogen and oxygen atoms in total. The van der Waals surface area contributed by atoms with Crippen LogP contribution in [0.15, 0.2) is 36.4 Å². The molecule has 1 heterocycles. The standard InChI is InChI=1S/C21H16Cl2F6N2O2/c22-16-4-3-15(9-17(16)23)30-18(32)11-2-1-5-31(10-11)19(33)12-6-13(20(24,25)26)8-14(7-12)21(27,28)29/h3-4,6-9,11H,1-2,5,10H2,(H,30,32). The number of anilines is 1. The highest BCUT2D eigenvalue weighted by molar-refractivity contribution is 6.42. The van der Waals surface area contributed by atoms with Crippen LogP contribution in [0.25, 0.3) is 0 Å². The van der Waals surface area contributed by atoms with Crippen LogP contribution in [0.4, 0.5) is 32.0 Å². The number of amides is 2. The van der Waals surface area contributed by atoms with Crippen LogP contribution in [0.3, 0.4) is 0 Å². The van der Waals surface area contributed by atoms with Gasteiger partial charge in [0.1, 0.15) is 0 Å². The second-order valence-corrected chi connectivity index (χ2v) is 8.32. The Labute approximate surface area is 194 Å². The van der Waals surface area contributed by atoms with E-state index in [2.05, 4.69) is 5.32 Å². The topological polar surface area (TPSA) is 49.4 Å². The highest BCUT2D eigenvalue weighted by atomic mass is 35.5. The van der Waals surface area contributed by atoms with Crippen molar-refractivity contribution in [3.05, 3.63) is 63.1 Å². The molecule has 178 valence electrons. The fourth-order valence-electron chi connectivity index (χ4n) is 3.45. The Bertz CT molecular complexity index is 1040. The maximum atomic E-state index is 13.1. The minimum atomic E-state index is -5.07. The highest BCUT2D eigenvalue weighted by Crippen LogP contribution is 2.37. The molecule has 33 heavy (non-hydrogen) atoms. The molecule has 0 saturated carbocycles. The first-order chi connectivity index (χ1) is 15.3. The van der Waals surface area contributed by atoms with Gasteiger partial charge in [0.05, 0.1) is 27.1 Å². The second kappa shape index (κ2) is 9.42. The second-order valence-electron chi connectivity index (χ2n) is 7.50. The van der Waals surface area contributed by atoms with Crippen LogP contribution in [-0.2, 0) is 17.1 Å². The monoisotopic (exact) mass is 512 g/mol. The van der Waals surface area contributed by atoms with Crippen molar-refractivity contribution < 1.29 is 35.9 Å². The number of benzene rings is 2. The van der Waals surface area contributed by atoms with Crippen molar-refractivity contribution in [2.45, 2.75) is 25.2 Å². The maximum Gasteiger partial charge on any atom is 0.416 e. The summed E-state index contributed by atoms with van der Waals surface area (Å²) in [6.45, 7) is -0.0728. The van der Waals surface area contributed by atoms with E-state index in [0.29, 0.717) is 30.7 Å². The van der Waals surface area contributed by atoms with Crippen molar-refractivity contribution in [2.24, 2.45) is 5.92 Å². The SMILES string of the molecule is O=C(Nc1ccc(Cl)c(Cl)c1)C1CCCN(C(=O)c2cc(C(F)(F)F)cc(C(F)(F)F)c2)C1. The van der Waals surface area contributed by atoms with E-state index in [1.807, 2.05) is 0 Å². The summed E-state index contributed by atoms with van der Waals surface area (Å²) in [7, 11) is 0. The van der Waals surface area contributed by atoms with Gasteiger partial charge in [0.2, 0.25) is 5.91 Å². The van der Waals surface area contributed by atoms with Gasteiger partial charge in [-0.3, -0.25) is 9.59 Å². The fourth-order valence-corrected chi connectivity index (χ4v) is 3.75. The molecule has 12 heteroatoms. The molecule has 3 rings (SSSR count). The minimum Gasteiger partial charge on any atom is -0.338 e. The molecule has 1 aliphatic rings. The Morgan fingerprint density at radius 3 is 2.06 bits per heavy atom. The van der Waals surface area contributed by atoms with Gasteiger partial charge >= 0.3 is 12.4 Å². The van der Waals surface area contributed by atoms with Crippen molar-refractivity contribution >= 4 is 40.7 Å². The Morgan fingerprint density at radius 1 is 0.909 bits per heavy atom. The predicted molar refractivity (Wildman–Crippen MR) is 110 cm³/mol. The lowest BCUT2D eigenvalue weighted by atomic mass is 9.95. The summed E-state index contributed by atoms with van der Waals surface area (Å²) in [5.74, 6) is -2.20. The molecule has 0 spiro atoms. The molecule has 1 saturated heterocycles. The number of nitrogens with zero attached hydrogens (tertiary/aromatic N) is 1. The molecule has 0 bridgehead atoms. The number of piperidine rings is 1. The number of nitrogens with one attached hydrogen (secondary N) is 1. The number of carbonyl (C=O) groups is 2. The number of hydrogen-bond donors (Lipinski definition) is 1. The van der Waals surface area contributed by atoms with Crippen molar-refractivity contribution in [3.8, 4) is 0 Å². The first kappa shape index (κ1) is 25.2. The molecule has 2 aromatic rings. The van der Waals surface area contributed by atoms with Crippen LogP contribution < -0.4 is 5.32 Å². The zero-order valence-electron chi connectivity index (χ0n) is 16.7. The Balaban J connectivity index is 1.80. The van der Waals surface area contributed by atoms with E-state index in [4.69, 9.17) is 23.2 Å². The third kappa shape index (κ3) is 6.11. The predicted octanol–water partition coefficient (Wildman–Crippen LogP) is 6.52. The summed E-state index contributed by atoms with van der Waals surface area (Å²) in [4.78, 5) is 26.5. The van der Waals surface area contributed by atoms with Crippen molar-refractivity contribution in [2.75, 3.05) is 18.4 Å². The molecule has 1 atom stereocenters. The van der Waals surface area contributed by atoms with Gasteiger partial charge in [-0.2, -0.15) is 26.3 Å². The molecule has 2 aromatic carbocycles. The van der Waals surface area contributed by atoms with Crippen molar-refractivity contribution in [1.82, 2.24) is 4.90 Å². The zero-order valence-corrected chi connectivity index (χ0v) is 18.2. The number of rotatable bonds is 3. The van der Waals surface area contributed by atoms with Gasteiger partial charge in [0, 0.05) is 24.3 Å². The first-order valence-corrected chi connectivity index (χ1v) is 10.4. The van der Waals surface area contributed by atoms with Crippen LogP contribution in [0.5, 0.6) is 0 Å². The van der Waals surface area contributed by atoms with Gasteiger partial charge in [0.15, 0.2) is 0 Å². The van der Waals surface area contributed by atoms with E-state index in [1.165, 1.54) is 18.2 Å². The summed E-state index contributed by atoms with van der Waals surface area (Å²) < 4.78 is 78.6. The third-order valence-electron chi connectivity index (χ3n) is 5.10. The molecule has 1 unspecified atom stereocenters.